The average Bonchev–Trinajstić information content (AvgIpc) is 2.41. The number of halogens is 4. The van der Waals surface area contributed by atoms with Crippen LogP contribution in [-0.4, -0.2) is 17.4 Å². The first-order valence-corrected chi connectivity index (χ1v) is 8.05. The van der Waals surface area contributed by atoms with E-state index in [-0.39, 0.29) is 23.8 Å². The molecule has 1 aromatic rings. The Balaban J connectivity index is 2.52. The average molecular weight is 337 g/mol. The zero-order valence-electron chi connectivity index (χ0n) is 12.5. The summed E-state index contributed by atoms with van der Waals surface area (Å²) in [7, 11) is 0. The van der Waals surface area contributed by atoms with E-state index in [9.17, 15) is 22.4 Å². The van der Waals surface area contributed by atoms with Crippen LogP contribution in [0, 0.1) is 11.7 Å². The molecule has 1 amide bonds. The summed E-state index contributed by atoms with van der Waals surface area (Å²) in [5, 5.41) is 2.44. The van der Waals surface area contributed by atoms with E-state index in [0.717, 1.165) is 24.3 Å². The molecule has 0 saturated carbocycles. The standard InChI is InChI=1S/C15H19F4NOS/c1-10(2)5-6-22-9-14(21)20-8-11-3-4-12(16)7-13(11)15(17,18)19/h3-4,7,10H,5-6,8-9H2,1-2H3,(H,20,21). The molecule has 0 atom stereocenters. The van der Waals surface area contributed by atoms with E-state index in [2.05, 4.69) is 19.2 Å². The van der Waals surface area contributed by atoms with Crippen LogP contribution in [0.5, 0.6) is 0 Å². The highest BCUT2D eigenvalue weighted by molar-refractivity contribution is 7.99. The summed E-state index contributed by atoms with van der Waals surface area (Å²) in [6, 6.07) is 2.44. The van der Waals surface area contributed by atoms with Crippen molar-refractivity contribution in [3.63, 3.8) is 0 Å². The zero-order chi connectivity index (χ0) is 16.8. The minimum Gasteiger partial charge on any atom is -0.351 e. The number of hydrogen-bond acceptors (Lipinski definition) is 2. The second-order valence-corrected chi connectivity index (χ2v) is 6.42. The summed E-state index contributed by atoms with van der Waals surface area (Å²) in [6.45, 7) is 3.89. The van der Waals surface area contributed by atoms with Crippen molar-refractivity contribution in [3.05, 3.63) is 35.1 Å². The number of carbonyl (C=O) groups is 1. The number of benzene rings is 1. The van der Waals surface area contributed by atoms with Gasteiger partial charge in [-0.3, -0.25) is 4.79 Å². The molecule has 0 aromatic heterocycles. The van der Waals surface area contributed by atoms with Crippen molar-refractivity contribution in [1.29, 1.82) is 0 Å². The lowest BCUT2D eigenvalue weighted by atomic mass is 10.1. The van der Waals surface area contributed by atoms with E-state index >= 15 is 0 Å². The molecule has 0 spiro atoms. The molecule has 0 radical (unpaired) electrons. The van der Waals surface area contributed by atoms with E-state index in [1.807, 2.05) is 0 Å². The van der Waals surface area contributed by atoms with Gasteiger partial charge in [-0.1, -0.05) is 19.9 Å². The first-order valence-electron chi connectivity index (χ1n) is 6.90. The van der Waals surface area contributed by atoms with Gasteiger partial charge in [-0.15, -0.1) is 0 Å². The molecule has 0 aliphatic rings. The zero-order valence-corrected chi connectivity index (χ0v) is 13.3. The minimum absolute atomic E-state index is 0.144. The molecule has 1 aromatic carbocycles. The number of carbonyl (C=O) groups excluding carboxylic acids is 1. The maximum atomic E-state index is 13.0. The van der Waals surface area contributed by atoms with Crippen molar-refractivity contribution in [2.24, 2.45) is 5.92 Å². The smallest absolute Gasteiger partial charge is 0.351 e. The maximum absolute atomic E-state index is 13.0. The van der Waals surface area contributed by atoms with Crippen LogP contribution in [0.1, 0.15) is 31.4 Å². The number of alkyl halides is 3. The maximum Gasteiger partial charge on any atom is 0.416 e. The quantitative estimate of drug-likeness (QED) is 0.596. The minimum atomic E-state index is -4.64. The fraction of sp³-hybridized carbons (Fsp3) is 0.533. The number of hydrogen-bond donors (Lipinski definition) is 1. The fourth-order valence-electron chi connectivity index (χ4n) is 1.70. The van der Waals surface area contributed by atoms with Gasteiger partial charge < -0.3 is 5.32 Å². The highest BCUT2D eigenvalue weighted by Gasteiger charge is 2.33. The molecule has 7 heteroatoms. The summed E-state index contributed by atoms with van der Waals surface area (Å²) < 4.78 is 51.3. The highest BCUT2D eigenvalue weighted by Crippen LogP contribution is 2.32. The first kappa shape index (κ1) is 18.8. The second kappa shape index (κ2) is 8.41. The number of amides is 1. The van der Waals surface area contributed by atoms with Crippen molar-refractivity contribution < 1.29 is 22.4 Å². The lowest BCUT2D eigenvalue weighted by molar-refractivity contribution is -0.138. The van der Waals surface area contributed by atoms with Gasteiger partial charge in [0.25, 0.3) is 0 Å². The van der Waals surface area contributed by atoms with Gasteiger partial charge in [-0.25, -0.2) is 4.39 Å². The Morgan fingerprint density at radius 2 is 2.00 bits per heavy atom. The largest absolute Gasteiger partial charge is 0.416 e. The summed E-state index contributed by atoms with van der Waals surface area (Å²) in [6.07, 6.45) is -3.66. The highest BCUT2D eigenvalue weighted by atomic mass is 32.2. The Bertz CT molecular complexity index is 503. The molecule has 0 heterocycles. The van der Waals surface area contributed by atoms with E-state index in [1.165, 1.54) is 11.8 Å². The van der Waals surface area contributed by atoms with Crippen molar-refractivity contribution >= 4 is 17.7 Å². The van der Waals surface area contributed by atoms with Gasteiger partial charge in [0, 0.05) is 6.54 Å². The summed E-state index contributed by atoms with van der Waals surface area (Å²) in [5.41, 5.74) is -1.20. The molecule has 22 heavy (non-hydrogen) atoms. The molecule has 0 bridgehead atoms. The fourth-order valence-corrected chi connectivity index (χ4v) is 2.77. The molecular formula is C15H19F4NOS. The Morgan fingerprint density at radius 1 is 1.32 bits per heavy atom. The molecule has 0 fully saturated rings. The van der Waals surface area contributed by atoms with Crippen molar-refractivity contribution in [3.8, 4) is 0 Å². The van der Waals surface area contributed by atoms with E-state index < -0.39 is 17.6 Å². The number of rotatable bonds is 7. The lowest BCUT2D eigenvalue weighted by Crippen LogP contribution is -2.26. The van der Waals surface area contributed by atoms with Crippen LogP contribution in [0.4, 0.5) is 17.6 Å². The van der Waals surface area contributed by atoms with E-state index in [1.54, 1.807) is 0 Å². The molecule has 0 aliphatic heterocycles. The van der Waals surface area contributed by atoms with Crippen LogP contribution < -0.4 is 5.32 Å². The summed E-state index contributed by atoms with van der Waals surface area (Å²) in [4.78, 5) is 11.6. The number of thioether (sulfide) groups is 1. The Labute approximate surface area is 131 Å². The molecule has 1 N–H and O–H groups in total. The molecular weight excluding hydrogens is 318 g/mol. The topological polar surface area (TPSA) is 29.1 Å². The molecule has 0 saturated heterocycles. The van der Waals surface area contributed by atoms with Crippen LogP contribution in [-0.2, 0) is 17.5 Å². The van der Waals surface area contributed by atoms with Crippen LogP contribution in [0.25, 0.3) is 0 Å². The Morgan fingerprint density at radius 3 is 2.59 bits per heavy atom. The van der Waals surface area contributed by atoms with Gasteiger partial charge in [0.1, 0.15) is 5.82 Å². The van der Waals surface area contributed by atoms with Crippen molar-refractivity contribution in [2.75, 3.05) is 11.5 Å². The normalized spacial score (nSPS) is 11.8. The molecule has 0 aliphatic carbocycles. The van der Waals surface area contributed by atoms with Gasteiger partial charge in [-0.2, -0.15) is 24.9 Å². The van der Waals surface area contributed by atoms with Crippen molar-refractivity contribution in [2.45, 2.75) is 33.0 Å². The number of nitrogens with one attached hydrogen (secondary N) is 1. The van der Waals surface area contributed by atoms with Gasteiger partial charge in [-0.05, 0) is 35.8 Å². The monoisotopic (exact) mass is 337 g/mol. The summed E-state index contributed by atoms with van der Waals surface area (Å²) in [5.74, 6) is 0.298. The summed E-state index contributed by atoms with van der Waals surface area (Å²) >= 11 is 1.44. The lowest BCUT2D eigenvalue weighted by Gasteiger charge is -2.13. The van der Waals surface area contributed by atoms with Crippen LogP contribution in [0.3, 0.4) is 0 Å². The van der Waals surface area contributed by atoms with Gasteiger partial charge in [0.2, 0.25) is 5.91 Å². The molecule has 0 unspecified atom stereocenters. The predicted molar refractivity (Wildman–Crippen MR) is 80.0 cm³/mol. The van der Waals surface area contributed by atoms with Crippen LogP contribution in [0.15, 0.2) is 18.2 Å². The van der Waals surface area contributed by atoms with Crippen molar-refractivity contribution in [1.82, 2.24) is 5.32 Å². The predicted octanol–water partition coefficient (Wildman–Crippen LogP) is 4.24. The van der Waals surface area contributed by atoms with Gasteiger partial charge in [0.05, 0.1) is 11.3 Å². The SMILES string of the molecule is CC(C)CCSCC(=O)NCc1ccc(F)cc1C(F)(F)F. The third kappa shape index (κ3) is 6.68. The second-order valence-electron chi connectivity index (χ2n) is 5.31. The third-order valence-corrected chi connectivity index (χ3v) is 3.92. The Kier molecular flexibility index (Phi) is 7.19. The van der Waals surface area contributed by atoms with Gasteiger partial charge in [0.15, 0.2) is 0 Å². The Hall–Kier alpha value is -1.24. The van der Waals surface area contributed by atoms with Crippen LogP contribution in [0.2, 0.25) is 0 Å². The molecule has 2 nitrogen and oxygen atoms in total. The van der Waals surface area contributed by atoms with E-state index in [0.29, 0.717) is 12.0 Å². The van der Waals surface area contributed by atoms with E-state index in [4.69, 9.17) is 0 Å². The van der Waals surface area contributed by atoms with Crippen LogP contribution >= 0.6 is 11.8 Å². The molecule has 1 rings (SSSR count). The third-order valence-electron chi connectivity index (χ3n) is 2.93. The molecule has 124 valence electrons. The van der Waals surface area contributed by atoms with Gasteiger partial charge >= 0.3 is 6.18 Å². The first-order chi connectivity index (χ1) is 10.2.